The predicted molar refractivity (Wildman–Crippen MR) is 19.5 cm³/mol. The van der Waals surface area contributed by atoms with Crippen LogP contribution in [-0.2, 0) is 9.53 Å². The van der Waals surface area contributed by atoms with Gasteiger partial charge in [-0.15, -0.1) is 0 Å². The summed E-state index contributed by atoms with van der Waals surface area (Å²) in [7, 11) is 1.34. The Balaban J connectivity index is 0. The van der Waals surface area contributed by atoms with Gasteiger partial charge in [0.1, 0.15) is 6.61 Å². The molecular weight excluding hydrogens is 225 g/mol. The molecule has 0 aliphatic rings. The molecule has 0 saturated heterocycles. The van der Waals surface area contributed by atoms with Crippen LogP contribution < -0.4 is 0 Å². The first-order valence-electron chi connectivity index (χ1n) is 1.48. The molecule has 0 saturated carbocycles. The fraction of sp³-hybridized carbons (Fsp3) is 0.667. The van der Waals surface area contributed by atoms with Crippen LogP contribution in [0.4, 0.5) is 0 Å². The minimum atomic E-state index is -0.933. The minimum Gasteiger partial charge on any atom is -0.480 e. The van der Waals surface area contributed by atoms with Crippen LogP contribution in [0.5, 0.6) is 0 Å². The molecule has 0 spiro atoms. The molecule has 0 atom stereocenters. The van der Waals surface area contributed by atoms with Gasteiger partial charge in [0.2, 0.25) is 0 Å². The van der Waals surface area contributed by atoms with Gasteiger partial charge in [-0.3, -0.25) is 0 Å². The Bertz CT molecular complexity index is 54.1. The SMILES string of the molecule is COCC(=O)O.[Pr]. The Morgan fingerprint density at radius 1 is 1.86 bits per heavy atom. The molecule has 0 fully saturated rings. The molecule has 1 radical (unpaired) electrons. The quantitative estimate of drug-likeness (QED) is 0.710. The molecule has 0 amide bonds. The van der Waals surface area contributed by atoms with Crippen molar-refractivity contribution < 1.29 is 55.9 Å². The van der Waals surface area contributed by atoms with Crippen molar-refractivity contribution >= 4 is 5.97 Å². The Hall–Kier alpha value is 0.794. The molecule has 0 bridgehead atoms. The Morgan fingerprint density at radius 2 is 2.29 bits per heavy atom. The molecule has 0 aromatic rings. The predicted octanol–water partition coefficient (Wildman–Crippen LogP) is -0.283. The number of aliphatic carboxylic acids is 1. The van der Waals surface area contributed by atoms with E-state index in [4.69, 9.17) is 5.11 Å². The van der Waals surface area contributed by atoms with Gasteiger partial charge in [-0.1, -0.05) is 0 Å². The Morgan fingerprint density at radius 3 is 2.29 bits per heavy atom. The van der Waals surface area contributed by atoms with Crippen LogP contribution >= 0.6 is 0 Å². The van der Waals surface area contributed by atoms with E-state index in [0.29, 0.717) is 0 Å². The van der Waals surface area contributed by atoms with Crippen LogP contribution in [0.25, 0.3) is 0 Å². The van der Waals surface area contributed by atoms with E-state index >= 15 is 0 Å². The van der Waals surface area contributed by atoms with Crippen molar-refractivity contribution in [3.63, 3.8) is 0 Å². The van der Waals surface area contributed by atoms with Crippen LogP contribution in [0.1, 0.15) is 0 Å². The standard InChI is InChI=1S/C3H6O3.Pr/c1-6-2-3(4)5;/h2H2,1H3,(H,4,5);. The van der Waals surface area contributed by atoms with E-state index in [0.717, 1.165) is 0 Å². The first-order chi connectivity index (χ1) is 2.77. The molecule has 7 heavy (non-hydrogen) atoms. The number of carbonyl (C=O) groups is 1. The number of hydrogen-bond acceptors (Lipinski definition) is 2. The molecule has 0 aliphatic heterocycles. The second-order valence-corrected chi connectivity index (χ2v) is 0.827. The first-order valence-corrected chi connectivity index (χ1v) is 1.48. The Kier molecular flexibility index (Phi) is 10.4. The van der Waals surface area contributed by atoms with Crippen molar-refractivity contribution in [1.82, 2.24) is 0 Å². The van der Waals surface area contributed by atoms with Gasteiger partial charge in [0.25, 0.3) is 0 Å². The number of methoxy groups -OCH3 is 1. The van der Waals surface area contributed by atoms with Gasteiger partial charge in [0.05, 0.1) is 0 Å². The molecule has 0 aromatic carbocycles. The largest absolute Gasteiger partial charge is 0.480 e. The van der Waals surface area contributed by atoms with E-state index in [1.54, 1.807) is 0 Å². The number of rotatable bonds is 2. The van der Waals surface area contributed by atoms with E-state index < -0.39 is 5.97 Å². The van der Waals surface area contributed by atoms with Gasteiger partial charge in [0, 0.05) is 48.4 Å². The third kappa shape index (κ3) is 10.8. The summed E-state index contributed by atoms with van der Waals surface area (Å²) in [5.74, 6) is -0.933. The van der Waals surface area contributed by atoms with Crippen molar-refractivity contribution in [2.24, 2.45) is 0 Å². The van der Waals surface area contributed by atoms with Crippen molar-refractivity contribution in [1.29, 1.82) is 0 Å². The summed E-state index contributed by atoms with van der Waals surface area (Å²) < 4.78 is 4.20. The summed E-state index contributed by atoms with van der Waals surface area (Å²) in [6, 6.07) is 0. The number of carboxylic acids is 1. The topological polar surface area (TPSA) is 46.5 Å². The van der Waals surface area contributed by atoms with Crippen LogP contribution in [-0.4, -0.2) is 24.8 Å². The third-order valence-electron chi connectivity index (χ3n) is 0.268. The Labute approximate surface area is 75.0 Å². The zero-order chi connectivity index (χ0) is 4.99. The summed E-state index contributed by atoms with van der Waals surface area (Å²) in [5, 5.41) is 7.79. The van der Waals surface area contributed by atoms with E-state index in [2.05, 4.69) is 4.74 Å². The number of hydrogen-bond donors (Lipinski definition) is 1. The summed E-state index contributed by atoms with van der Waals surface area (Å²) in [6.07, 6.45) is 0. The van der Waals surface area contributed by atoms with E-state index in [1.807, 2.05) is 0 Å². The first kappa shape index (κ1) is 10.7. The second kappa shape index (κ2) is 6.79. The molecule has 0 rings (SSSR count). The molecule has 39 valence electrons. The average Bonchev–Trinajstić information content (AvgIpc) is 1.35. The molecule has 3 nitrogen and oxygen atoms in total. The zero-order valence-electron chi connectivity index (χ0n) is 4.05. The molecule has 0 unspecified atom stereocenters. The fourth-order valence-electron chi connectivity index (χ4n) is 0.123. The van der Waals surface area contributed by atoms with Gasteiger partial charge < -0.3 is 9.84 Å². The molecule has 1 N–H and O–H groups in total. The average molecular weight is 231 g/mol. The summed E-state index contributed by atoms with van der Waals surface area (Å²) in [4.78, 5) is 9.47. The van der Waals surface area contributed by atoms with Crippen LogP contribution in [0.2, 0.25) is 0 Å². The van der Waals surface area contributed by atoms with Crippen LogP contribution in [0.15, 0.2) is 0 Å². The number of ether oxygens (including phenoxy) is 1. The van der Waals surface area contributed by atoms with Crippen molar-refractivity contribution in [2.45, 2.75) is 0 Å². The van der Waals surface area contributed by atoms with Crippen LogP contribution in [0, 0.1) is 41.3 Å². The van der Waals surface area contributed by atoms with Gasteiger partial charge >= 0.3 is 5.97 Å². The molecule has 4 heteroatoms. The maximum atomic E-state index is 9.47. The van der Waals surface area contributed by atoms with Gasteiger partial charge in [-0.25, -0.2) is 4.79 Å². The summed E-state index contributed by atoms with van der Waals surface area (Å²) >= 11 is 0. The van der Waals surface area contributed by atoms with Gasteiger partial charge in [-0.2, -0.15) is 0 Å². The smallest absolute Gasteiger partial charge is 0.329 e. The normalized spacial score (nSPS) is 7.00. The second-order valence-electron chi connectivity index (χ2n) is 0.827. The van der Waals surface area contributed by atoms with E-state index in [9.17, 15) is 4.79 Å². The molecule has 0 heterocycles. The van der Waals surface area contributed by atoms with Gasteiger partial charge in [0.15, 0.2) is 0 Å². The molecule has 0 aromatic heterocycles. The monoisotopic (exact) mass is 231 g/mol. The number of carboxylic acid groups (broad SMARTS) is 1. The van der Waals surface area contributed by atoms with Crippen molar-refractivity contribution in [3.8, 4) is 0 Å². The third-order valence-corrected chi connectivity index (χ3v) is 0.268. The van der Waals surface area contributed by atoms with E-state index in [-0.39, 0.29) is 47.9 Å². The zero-order valence-corrected chi connectivity index (χ0v) is 7.75. The van der Waals surface area contributed by atoms with E-state index in [1.165, 1.54) is 7.11 Å². The van der Waals surface area contributed by atoms with Crippen molar-refractivity contribution in [2.75, 3.05) is 13.7 Å². The molecule has 0 aliphatic carbocycles. The minimum absolute atomic E-state index is 0. The van der Waals surface area contributed by atoms with Crippen molar-refractivity contribution in [3.05, 3.63) is 0 Å². The molecular formula is C3H6O3Pr. The fourth-order valence-corrected chi connectivity index (χ4v) is 0.123. The maximum absolute atomic E-state index is 9.47. The summed E-state index contributed by atoms with van der Waals surface area (Å²) in [6.45, 7) is -0.208. The van der Waals surface area contributed by atoms with Crippen LogP contribution in [0.3, 0.4) is 0 Å². The maximum Gasteiger partial charge on any atom is 0.329 e. The van der Waals surface area contributed by atoms with Gasteiger partial charge in [-0.05, 0) is 0 Å². The summed E-state index contributed by atoms with van der Waals surface area (Å²) in [5.41, 5.74) is 0.